The molecule has 2 aromatic rings. The predicted molar refractivity (Wildman–Crippen MR) is 203 cm³/mol. The molecule has 3 atom stereocenters. The molecular weight excluding hydrogens is 567 g/mol. The van der Waals surface area contributed by atoms with Crippen molar-refractivity contribution in [3.63, 3.8) is 0 Å². The number of halogens is 1. The Morgan fingerprint density at radius 1 is 0.978 bits per heavy atom. The number of anilines is 1. The number of nitrogens with zero attached hydrogens (tertiary/aromatic N) is 3. The average molecular weight is 635 g/mol. The molecule has 1 N–H and O–H groups in total. The zero-order chi connectivity index (χ0) is 34.1. The van der Waals surface area contributed by atoms with Gasteiger partial charge in [-0.05, 0) is 56.2 Å². The molecule has 0 spiro atoms. The SMILES string of the molecule is C=C1CN(c2cccc3c(F)cccc23)CC/C1=C(/N=C(\C)CC)N1CC2CCC(C1)N2.CC.CCC.CCCCCC(C)CC. The lowest BCUT2D eigenvalue weighted by Gasteiger charge is -2.39. The summed E-state index contributed by atoms with van der Waals surface area (Å²) in [5.74, 6) is 1.92. The van der Waals surface area contributed by atoms with Crippen LogP contribution in [0.2, 0.25) is 0 Å². The fourth-order valence-corrected chi connectivity index (χ4v) is 6.34. The van der Waals surface area contributed by atoms with Gasteiger partial charge >= 0.3 is 0 Å². The summed E-state index contributed by atoms with van der Waals surface area (Å²) in [6.07, 6.45) is 12.6. The summed E-state index contributed by atoms with van der Waals surface area (Å²) in [5, 5.41) is 5.37. The number of fused-ring (bicyclic) bond motifs is 3. The minimum absolute atomic E-state index is 0.166. The number of piperazine rings is 1. The predicted octanol–water partition coefficient (Wildman–Crippen LogP) is 11.3. The van der Waals surface area contributed by atoms with Crippen LogP contribution < -0.4 is 10.2 Å². The highest BCUT2D eigenvalue weighted by Gasteiger charge is 2.34. The number of aliphatic imine (C=N–C) groups is 1. The third-order valence-corrected chi connectivity index (χ3v) is 9.22. The Morgan fingerprint density at radius 3 is 2.20 bits per heavy atom. The topological polar surface area (TPSA) is 30.9 Å². The van der Waals surface area contributed by atoms with E-state index in [0.29, 0.717) is 17.5 Å². The van der Waals surface area contributed by atoms with Crippen molar-refractivity contribution in [2.24, 2.45) is 10.9 Å². The minimum atomic E-state index is -0.166. The second-order valence-electron chi connectivity index (χ2n) is 13.1. The molecule has 4 nitrogen and oxygen atoms in total. The number of likely N-dealkylation sites (tertiary alicyclic amines) is 1. The molecule has 3 aliphatic heterocycles. The second-order valence-corrected chi connectivity index (χ2v) is 13.1. The van der Waals surface area contributed by atoms with Crippen LogP contribution in [0.15, 0.2) is 64.9 Å². The zero-order valence-corrected chi connectivity index (χ0v) is 31.0. The molecule has 0 saturated carbocycles. The van der Waals surface area contributed by atoms with Crippen LogP contribution in [0, 0.1) is 11.7 Å². The maximum absolute atomic E-state index is 14.3. The van der Waals surface area contributed by atoms with Gasteiger partial charge in [0.15, 0.2) is 0 Å². The van der Waals surface area contributed by atoms with Gasteiger partial charge in [-0.2, -0.15) is 0 Å². The minimum Gasteiger partial charge on any atom is -0.366 e. The van der Waals surface area contributed by atoms with Gasteiger partial charge in [-0.15, -0.1) is 0 Å². The van der Waals surface area contributed by atoms with Crippen molar-refractivity contribution in [2.75, 3.05) is 31.1 Å². The number of unbranched alkanes of at least 4 members (excludes halogenated alkanes) is 2. The molecule has 3 unspecified atom stereocenters. The Hall–Kier alpha value is -2.66. The quantitative estimate of drug-likeness (QED) is 0.220. The van der Waals surface area contributed by atoms with Crippen LogP contribution >= 0.6 is 0 Å². The number of rotatable bonds is 9. The highest BCUT2D eigenvalue weighted by atomic mass is 19.1. The Bertz CT molecular complexity index is 1240. The monoisotopic (exact) mass is 635 g/mol. The smallest absolute Gasteiger partial charge is 0.132 e. The number of nitrogens with one attached hydrogen (secondary N) is 1. The number of piperidine rings is 1. The summed E-state index contributed by atoms with van der Waals surface area (Å²) in [6.45, 7) is 27.6. The first kappa shape index (κ1) is 39.5. The van der Waals surface area contributed by atoms with E-state index in [1.165, 1.54) is 63.0 Å². The van der Waals surface area contributed by atoms with E-state index in [0.717, 1.165) is 73.1 Å². The largest absolute Gasteiger partial charge is 0.366 e. The van der Waals surface area contributed by atoms with E-state index in [4.69, 9.17) is 4.99 Å². The molecule has 46 heavy (non-hydrogen) atoms. The summed E-state index contributed by atoms with van der Waals surface area (Å²) in [5.41, 5.74) is 4.66. The van der Waals surface area contributed by atoms with Crippen LogP contribution in [0.25, 0.3) is 10.8 Å². The van der Waals surface area contributed by atoms with Crippen molar-refractivity contribution in [3.05, 3.63) is 65.8 Å². The molecule has 3 saturated heterocycles. The third kappa shape index (κ3) is 11.5. The zero-order valence-electron chi connectivity index (χ0n) is 31.0. The maximum Gasteiger partial charge on any atom is 0.132 e. The number of benzene rings is 2. The van der Waals surface area contributed by atoms with E-state index < -0.39 is 0 Å². The van der Waals surface area contributed by atoms with Gasteiger partial charge in [-0.25, -0.2) is 9.38 Å². The first-order valence-electron chi connectivity index (χ1n) is 18.6. The van der Waals surface area contributed by atoms with Gasteiger partial charge in [0, 0.05) is 66.0 Å². The molecule has 0 aromatic heterocycles. The van der Waals surface area contributed by atoms with Crippen LogP contribution in [0.3, 0.4) is 0 Å². The highest BCUT2D eigenvalue weighted by Crippen LogP contribution is 2.35. The first-order chi connectivity index (χ1) is 22.3. The van der Waals surface area contributed by atoms with Crippen molar-refractivity contribution >= 4 is 22.2 Å². The molecule has 5 rings (SSSR count). The van der Waals surface area contributed by atoms with Crippen LogP contribution in [0.5, 0.6) is 0 Å². The van der Waals surface area contributed by atoms with Gasteiger partial charge in [0.2, 0.25) is 0 Å². The molecule has 258 valence electrons. The summed E-state index contributed by atoms with van der Waals surface area (Å²) in [7, 11) is 0. The van der Waals surface area contributed by atoms with E-state index in [9.17, 15) is 4.39 Å². The van der Waals surface area contributed by atoms with Crippen molar-refractivity contribution < 1.29 is 4.39 Å². The van der Waals surface area contributed by atoms with Gasteiger partial charge < -0.3 is 15.1 Å². The molecule has 2 bridgehead atoms. The number of hydrogen-bond donors (Lipinski definition) is 1. The van der Waals surface area contributed by atoms with Gasteiger partial charge in [-0.1, -0.05) is 125 Å². The molecular formula is C41H67FN4. The van der Waals surface area contributed by atoms with Crippen LogP contribution in [0.1, 0.15) is 127 Å². The van der Waals surface area contributed by atoms with Gasteiger partial charge in [0.05, 0.1) is 0 Å². The fourth-order valence-electron chi connectivity index (χ4n) is 6.34. The molecule has 3 heterocycles. The van der Waals surface area contributed by atoms with Gasteiger partial charge in [0.1, 0.15) is 11.6 Å². The standard InChI is InChI=1S/C27H33FN4.C9H20.C3H8.C2H6/c1-4-19(3)29-27(32-16-20-11-12-21(17-32)30-20)22-13-14-31(15-18(22)2)26-10-6-7-23-24(26)8-5-9-25(23)28;1-4-6-7-8-9(3)5-2;1-3-2;1-2/h5-10,20-21,30H,2,4,11-17H2,1,3H3;9H,4-8H2,1-3H3;3H2,1-2H3;1-2H3/b27-22+,29-19+;;;. The van der Waals surface area contributed by atoms with Crippen LogP contribution in [-0.4, -0.2) is 48.9 Å². The molecule has 2 aromatic carbocycles. The summed E-state index contributed by atoms with van der Waals surface area (Å²) < 4.78 is 14.3. The molecule has 0 aliphatic carbocycles. The third-order valence-electron chi connectivity index (χ3n) is 9.22. The maximum atomic E-state index is 14.3. The molecule has 0 radical (unpaired) electrons. The van der Waals surface area contributed by atoms with Gasteiger partial charge in [-0.3, -0.25) is 0 Å². The Morgan fingerprint density at radius 2 is 1.61 bits per heavy atom. The lowest BCUT2D eigenvalue weighted by molar-refractivity contribution is 0.239. The van der Waals surface area contributed by atoms with E-state index in [1.807, 2.05) is 32.0 Å². The normalized spacial score (nSPS) is 21.0. The van der Waals surface area contributed by atoms with Crippen LogP contribution in [0.4, 0.5) is 10.1 Å². The van der Waals surface area contributed by atoms with Crippen molar-refractivity contribution in [1.29, 1.82) is 0 Å². The first-order valence-corrected chi connectivity index (χ1v) is 18.6. The molecule has 3 fully saturated rings. The van der Waals surface area contributed by atoms with E-state index in [2.05, 4.69) is 76.2 Å². The fraction of sp³-hybridized carbons (Fsp3) is 0.634. The van der Waals surface area contributed by atoms with Crippen LogP contribution in [-0.2, 0) is 0 Å². The molecule has 3 aliphatic rings. The number of hydrogen-bond acceptors (Lipinski definition) is 4. The highest BCUT2D eigenvalue weighted by molar-refractivity contribution is 5.95. The van der Waals surface area contributed by atoms with Crippen molar-refractivity contribution in [2.45, 2.75) is 139 Å². The summed E-state index contributed by atoms with van der Waals surface area (Å²) >= 11 is 0. The van der Waals surface area contributed by atoms with E-state index >= 15 is 0 Å². The Balaban J connectivity index is 0.000000448. The molecule has 5 heteroatoms. The molecule has 0 amide bonds. The van der Waals surface area contributed by atoms with E-state index in [-0.39, 0.29) is 5.82 Å². The average Bonchev–Trinajstić information content (AvgIpc) is 3.42. The Kier molecular flexibility index (Phi) is 18.3. The van der Waals surface area contributed by atoms with Crippen molar-refractivity contribution in [3.8, 4) is 0 Å². The van der Waals surface area contributed by atoms with Crippen molar-refractivity contribution in [1.82, 2.24) is 10.2 Å². The van der Waals surface area contributed by atoms with E-state index in [1.54, 1.807) is 6.07 Å². The lowest BCUT2D eigenvalue weighted by atomic mass is 9.96. The second kappa shape index (κ2) is 21.3. The summed E-state index contributed by atoms with van der Waals surface area (Å²) in [4.78, 5) is 9.95. The Labute approximate surface area is 282 Å². The summed E-state index contributed by atoms with van der Waals surface area (Å²) in [6, 6.07) is 12.4. The van der Waals surface area contributed by atoms with Gasteiger partial charge in [0.25, 0.3) is 0 Å². The lowest BCUT2D eigenvalue weighted by Crippen LogP contribution is -2.50.